The molecule has 0 unspecified atom stereocenters. The quantitative estimate of drug-likeness (QED) is 0.797. The van der Waals surface area contributed by atoms with E-state index in [1.807, 2.05) is 0 Å². The Bertz CT molecular complexity index is 225. The molecule has 12 heavy (non-hydrogen) atoms. The summed E-state index contributed by atoms with van der Waals surface area (Å²) in [5.74, 6) is 0. The molecular formula is C8H10Cl2FN. The lowest BCUT2D eigenvalue weighted by Gasteiger charge is -2.05. The van der Waals surface area contributed by atoms with Crippen LogP contribution in [0.15, 0.2) is 24.3 Å². The Labute approximate surface area is 82.1 Å². The molecule has 1 aromatic rings. The summed E-state index contributed by atoms with van der Waals surface area (Å²) in [5, 5.41) is 0.639. The molecule has 1 aromatic carbocycles. The maximum Gasteiger partial charge on any atom is 0.109 e. The molecule has 4 heteroatoms. The van der Waals surface area contributed by atoms with Crippen LogP contribution in [-0.4, -0.2) is 6.67 Å². The van der Waals surface area contributed by atoms with Crippen molar-refractivity contribution in [1.82, 2.24) is 0 Å². The molecule has 0 aliphatic carbocycles. The number of benzene rings is 1. The molecule has 0 amide bonds. The highest BCUT2D eigenvalue weighted by molar-refractivity contribution is 6.30. The highest BCUT2D eigenvalue weighted by Gasteiger charge is 2.03. The van der Waals surface area contributed by atoms with Gasteiger partial charge in [0.1, 0.15) is 6.67 Å². The zero-order chi connectivity index (χ0) is 8.27. The normalized spacial score (nSPS) is 11.9. The summed E-state index contributed by atoms with van der Waals surface area (Å²) >= 11 is 5.62. The van der Waals surface area contributed by atoms with Crippen LogP contribution >= 0.6 is 24.0 Å². The first kappa shape index (κ1) is 11.7. The molecular weight excluding hydrogens is 200 g/mol. The van der Waals surface area contributed by atoms with Gasteiger partial charge in [0.2, 0.25) is 0 Å². The zero-order valence-corrected chi connectivity index (χ0v) is 7.91. The van der Waals surface area contributed by atoms with Crippen molar-refractivity contribution in [1.29, 1.82) is 0 Å². The molecule has 2 N–H and O–H groups in total. The Kier molecular flexibility index (Phi) is 5.22. The van der Waals surface area contributed by atoms with E-state index >= 15 is 0 Å². The van der Waals surface area contributed by atoms with E-state index in [2.05, 4.69) is 0 Å². The van der Waals surface area contributed by atoms with Crippen molar-refractivity contribution in [2.24, 2.45) is 5.73 Å². The monoisotopic (exact) mass is 209 g/mol. The molecule has 0 aliphatic heterocycles. The lowest BCUT2D eigenvalue weighted by atomic mass is 10.1. The largest absolute Gasteiger partial charge is 0.322 e. The van der Waals surface area contributed by atoms with E-state index in [1.165, 1.54) is 0 Å². The first-order valence-corrected chi connectivity index (χ1v) is 3.69. The third-order valence-corrected chi connectivity index (χ3v) is 1.72. The van der Waals surface area contributed by atoms with E-state index in [1.54, 1.807) is 24.3 Å². The standard InChI is InChI=1S/C8H9ClFN.ClH/c9-7-3-1-6(2-4-7)8(11)5-10;/h1-4,8H,5,11H2;1H/t8-;/m0./s1. The van der Waals surface area contributed by atoms with Crippen LogP contribution in [0.3, 0.4) is 0 Å². The second kappa shape index (κ2) is 5.36. The van der Waals surface area contributed by atoms with E-state index in [4.69, 9.17) is 17.3 Å². The number of hydrogen-bond acceptors (Lipinski definition) is 1. The lowest BCUT2D eigenvalue weighted by Crippen LogP contribution is -2.11. The number of alkyl halides is 1. The Morgan fingerprint density at radius 3 is 2.25 bits per heavy atom. The average molecular weight is 210 g/mol. The van der Waals surface area contributed by atoms with Crippen molar-refractivity contribution >= 4 is 24.0 Å². The predicted octanol–water partition coefficient (Wildman–Crippen LogP) is 2.73. The summed E-state index contributed by atoms with van der Waals surface area (Å²) in [7, 11) is 0. The molecule has 68 valence electrons. The van der Waals surface area contributed by atoms with Crippen molar-refractivity contribution in [3.8, 4) is 0 Å². The van der Waals surface area contributed by atoms with Crippen molar-refractivity contribution in [3.05, 3.63) is 34.9 Å². The van der Waals surface area contributed by atoms with Crippen LogP contribution in [0, 0.1) is 0 Å². The van der Waals surface area contributed by atoms with E-state index in [-0.39, 0.29) is 12.4 Å². The SMILES string of the molecule is Cl.N[C@@H](CF)c1ccc(Cl)cc1. The summed E-state index contributed by atoms with van der Waals surface area (Å²) in [6, 6.07) is 6.34. The van der Waals surface area contributed by atoms with Gasteiger partial charge in [0.25, 0.3) is 0 Å². The highest BCUT2D eigenvalue weighted by atomic mass is 35.5. The van der Waals surface area contributed by atoms with Gasteiger partial charge in [0.05, 0.1) is 6.04 Å². The number of hydrogen-bond donors (Lipinski definition) is 1. The average Bonchev–Trinajstić information content (AvgIpc) is 2.05. The highest BCUT2D eigenvalue weighted by Crippen LogP contribution is 2.14. The summed E-state index contributed by atoms with van der Waals surface area (Å²) in [5.41, 5.74) is 6.20. The van der Waals surface area contributed by atoms with Crippen LogP contribution in [-0.2, 0) is 0 Å². The number of nitrogens with two attached hydrogens (primary N) is 1. The van der Waals surface area contributed by atoms with Crippen molar-refractivity contribution < 1.29 is 4.39 Å². The Morgan fingerprint density at radius 1 is 1.33 bits per heavy atom. The fourth-order valence-corrected chi connectivity index (χ4v) is 0.925. The molecule has 0 saturated carbocycles. The van der Waals surface area contributed by atoms with E-state index in [0.29, 0.717) is 5.02 Å². The van der Waals surface area contributed by atoms with E-state index in [0.717, 1.165) is 5.56 Å². The molecule has 0 bridgehead atoms. The minimum absolute atomic E-state index is 0. The molecule has 1 nitrogen and oxygen atoms in total. The third kappa shape index (κ3) is 2.97. The Morgan fingerprint density at radius 2 is 1.83 bits per heavy atom. The van der Waals surface area contributed by atoms with Gasteiger partial charge in [-0.3, -0.25) is 0 Å². The van der Waals surface area contributed by atoms with Crippen LogP contribution in [0.1, 0.15) is 11.6 Å². The molecule has 1 rings (SSSR count). The molecule has 0 aromatic heterocycles. The third-order valence-electron chi connectivity index (χ3n) is 1.46. The Balaban J connectivity index is 0.00000121. The van der Waals surface area contributed by atoms with Crippen molar-refractivity contribution in [2.75, 3.05) is 6.67 Å². The minimum Gasteiger partial charge on any atom is -0.322 e. The van der Waals surface area contributed by atoms with Gasteiger partial charge in [-0.25, -0.2) is 4.39 Å². The number of halogens is 3. The van der Waals surface area contributed by atoms with Crippen LogP contribution in [0.5, 0.6) is 0 Å². The predicted molar refractivity (Wildman–Crippen MR) is 51.6 cm³/mol. The van der Waals surface area contributed by atoms with Crippen LogP contribution in [0.25, 0.3) is 0 Å². The Hall–Kier alpha value is -0.310. The van der Waals surface area contributed by atoms with Crippen LogP contribution in [0.2, 0.25) is 5.02 Å². The summed E-state index contributed by atoms with van der Waals surface area (Å²) in [4.78, 5) is 0. The topological polar surface area (TPSA) is 26.0 Å². The summed E-state index contributed by atoms with van der Waals surface area (Å²) in [6.07, 6.45) is 0. The van der Waals surface area contributed by atoms with Crippen molar-refractivity contribution in [3.63, 3.8) is 0 Å². The van der Waals surface area contributed by atoms with Gasteiger partial charge in [0, 0.05) is 5.02 Å². The van der Waals surface area contributed by atoms with Gasteiger partial charge >= 0.3 is 0 Å². The molecule has 0 aliphatic rings. The van der Waals surface area contributed by atoms with E-state index in [9.17, 15) is 4.39 Å². The second-order valence-corrected chi connectivity index (χ2v) is 2.75. The summed E-state index contributed by atoms with van der Waals surface area (Å²) in [6.45, 7) is -0.540. The fourth-order valence-electron chi connectivity index (χ4n) is 0.799. The minimum atomic E-state index is -0.540. The van der Waals surface area contributed by atoms with Gasteiger partial charge in [-0.1, -0.05) is 23.7 Å². The summed E-state index contributed by atoms with van der Waals surface area (Å²) < 4.78 is 12.0. The lowest BCUT2D eigenvalue weighted by molar-refractivity contribution is 0.437. The maximum absolute atomic E-state index is 12.0. The molecule has 0 spiro atoms. The molecule has 1 atom stereocenters. The van der Waals surface area contributed by atoms with Gasteiger partial charge in [-0.15, -0.1) is 12.4 Å². The second-order valence-electron chi connectivity index (χ2n) is 2.31. The molecule has 0 fully saturated rings. The van der Waals surface area contributed by atoms with Crippen LogP contribution < -0.4 is 5.73 Å². The smallest absolute Gasteiger partial charge is 0.109 e. The first-order valence-electron chi connectivity index (χ1n) is 3.31. The van der Waals surface area contributed by atoms with Crippen molar-refractivity contribution in [2.45, 2.75) is 6.04 Å². The first-order chi connectivity index (χ1) is 5.24. The van der Waals surface area contributed by atoms with Gasteiger partial charge < -0.3 is 5.73 Å². The zero-order valence-electron chi connectivity index (χ0n) is 6.34. The maximum atomic E-state index is 12.0. The van der Waals surface area contributed by atoms with Gasteiger partial charge in [-0.05, 0) is 17.7 Å². The van der Waals surface area contributed by atoms with Gasteiger partial charge in [0.15, 0.2) is 0 Å². The molecule has 0 heterocycles. The molecule has 0 saturated heterocycles. The number of rotatable bonds is 2. The fraction of sp³-hybridized carbons (Fsp3) is 0.250. The van der Waals surface area contributed by atoms with Crippen LogP contribution in [0.4, 0.5) is 4.39 Å². The van der Waals surface area contributed by atoms with E-state index < -0.39 is 12.7 Å². The molecule has 0 radical (unpaired) electrons. The van der Waals surface area contributed by atoms with Gasteiger partial charge in [-0.2, -0.15) is 0 Å².